The highest BCUT2D eigenvalue weighted by atomic mass is 79.9. The summed E-state index contributed by atoms with van der Waals surface area (Å²) in [5.41, 5.74) is -0.763. The Morgan fingerprint density at radius 3 is 2.79 bits per heavy atom. The van der Waals surface area contributed by atoms with Crippen LogP contribution in [0.5, 0.6) is 6.01 Å². The Morgan fingerprint density at radius 2 is 2.03 bits per heavy atom. The van der Waals surface area contributed by atoms with E-state index in [4.69, 9.17) is 14.5 Å². The lowest BCUT2D eigenvalue weighted by Crippen LogP contribution is -2.61. The average molecular weight is 609 g/mol. The largest absolute Gasteiger partial charge is 0.461 e. The van der Waals surface area contributed by atoms with Gasteiger partial charge in [-0.05, 0) is 88.0 Å². The third-order valence-corrected chi connectivity index (χ3v) is 9.44. The zero-order valence-corrected chi connectivity index (χ0v) is 24.5. The van der Waals surface area contributed by atoms with E-state index < -0.39 is 17.6 Å². The van der Waals surface area contributed by atoms with Gasteiger partial charge in [-0.1, -0.05) is 0 Å². The number of ether oxygens (including phenoxy) is 2. The number of carbonyl (C=O) groups excluding carboxylic acids is 1. The topological polar surface area (TPSA) is 71.0 Å². The Hall–Kier alpha value is -2.27. The number of aromatic nitrogens is 2. The molecule has 11 heteroatoms. The molecule has 4 fully saturated rings. The van der Waals surface area contributed by atoms with Gasteiger partial charge in [0.2, 0.25) is 0 Å². The molecule has 4 aliphatic rings. The SMILES string of the molecule is CC1[C@@H]2CC[C@H](CN1c1nc(OC[C@@]34CCCN3C[C@H](F)C4)nc3c(F)c(Br)ccc13)N2C(=O)OC(C)(C)C. The van der Waals surface area contributed by atoms with Crippen molar-refractivity contribution in [2.75, 3.05) is 31.1 Å². The van der Waals surface area contributed by atoms with Crippen molar-refractivity contribution in [2.24, 2.45) is 0 Å². The summed E-state index contributed by atoms with van der Waals surface area (Å²) < 4.78 is 41.9. The summed E-state index contributed by atoms with van der Waals surface area (Å²) in [6.45, 7) is 9.78. The van der Waals surface area contributed by atoms with Crippen LogP contribution < -0.4 is 9.64 Å². The lowest BCUT2D eigenvalue weighted by molar-refractivity contribution is 0.00832. The molecular formula is C28H36BrF2N5O3. The molecule has 1 amide bonds. The number of hydrogen-bond donors (Lipinski definition) is 0. The number of rotatable bonds is 4. The smallest absolute Gasteiger partial charge is 0.410 e. The second kappa shape index (κ2) is 9.68. The first kappa shape index (κ1) is 26.9. The molecule has 212 valence electrons. The zero-order valence-electron chi connectivity index (χ0n) is 22.9. The van der Waals surface area contributed by atoms with Crippen molar-refractivity contribution < 1.29 is 23.0 Å². The second-order valence-electron chi connectivity index (χ2n) is 12.5. The third-order valence-electron chi connectivity index (χ3n) is 8.83. The number of halogens is 3. The van der Waals surface area contributed by atoms with Gasteiger partial charge in [-0.15, -0.1) is 0 Å². The number of nitrogens with zero attached hydrogens (tertiary/aromatic N) is 5. The Balaban J connectivity index is 1.33. The summed E-state index contributed by atoms with van der Waals surface area (Å²) >= 11 is 3.29. The van der Waals surface area contributed by atoms with E-state index in [1.807, 2.05) is 31.7 Å². The van der Waals surface area contributed by atoms with Crippen LogP contribution in [-0.4, -0.2) is 87.5 Å². The van der Waals surface area contributed by atoms with E-state index in [1.165, 1.54) is 0 Å². The van der Waals surface area contributed by atoms with Crippen LogP contribution in [0.3, 0.4) is 0 Å². The predicted molar refractivity (Wildman–Crippen MR) is 147 cm³/mol. The first-order valence-corrected chi connectivity index (χ1v) is 14.7. The van der Waals surface area contributed by atoms with Crippen LogP contribution >= 0.6 is 15.9 Å². The van der Waals surface area contributed by atoms with E-state index in [1.54, 1.807) is 6.07 Å². The molecule has 4 aliphatic heterocycles. The molecule has 2 bridgehead atoms. The highest BCUT2D eigenvalue weighted by molar-refractivity contribution is 9.10. The Bertz CT molecular complexity index is 1290. The predicted octanol–water partition coefficient (Wildman–Crippen LogP) is 5.46. The van der Waals surface area contributed by atoms with Crippen molar-refractivity contribution in [2.45, 2.75) is 95.2 Å². The second-order valence-corrected chi connectivity index (χ2v) is 13.4. The normalized spacial score (nSPS) is 30.7. The van der Waals surface area contributed by atoms with E-state index in [0.29, 0.717) is 35.2 Å². The van der Waals surface area contributed by atoms with Crippen LogP contribution in [0.25, 0.3) is 10.9 Å². The van der Waals surface area contributed by atoms with Crippen molar-refractivity contribution in [3.63, 3.8) is 0 Å². The molecule has 0 radical (unpaired) electrons. The van der Waals surface area contributed by atoms with Crippen LogP contribution in [0.4, 0.5) is 19.4 Å². The van der Waals surface area contributed by atoms with Crippen molar-refractivity contribution in [3.05, 3.63) is 22.4 Å². The highest BCUT2D eigenvalue weighted by Crippen LogP contribution is 2.42. The van der Waals surface area contributed by atoms with E-state index in [2.05, 4.69) is 37.6 Å². The van der Waals surface area contributed by atoms with Crippen LogP contribution in [0.2, 0.25) is 0 Å². The number of anilines is 1. The van der Waals surface area contributed by atoms with Gasteiger partial charge >= 0.3 is 12.1 Å². The molecule has 6 rings (SSSR count). The summed E-state index contributed by atoms with van der Waals surface area (Å²) in [5, 5.41) is 0.588. The molecule has 0 spiro atoms. The van der Waals surface area contributed by atoms with E-state index in [9.17, 15) is 9.18 Å². The summed E-state index contributed by atoms with van der Waals surface area (Å²) in [5.74, 6) is 0.111. The molecule has 0 saturated carbocycles. The Morgan fingerprint density at radius 1 is 1.23 bits per heavy atom. The van der Waals surface area contributed by atoms with Gasteiger partial charge in [0.05, 0.1) is 22.1 Å². The molecule has 1 unspecified atom stereocenters. The van der Waals surface area contributed by atoms with Crippen molar-refractivity contribution >= 4 is 38.7 Å². The standard InChI is InChI=1S/C28H36BrF2N5O3/c1-16-21-9-6-18(36(21)26(37)39-27(2,3)4)14-35(16)24-19-7-8-20(29)22(31)23(19)32-25(33-24)38-15-28-10-5-11-34(28)13-17(30)12-28/h7-8,16-18,21H,5-6,9-15H2,1-4H3/t16?,17-,18-,21+,28+/m1/s1. The monoisotopic (exact) mass is 607 g/mol. The molecule has 2 aromatic rings. The fourth-order valence-corrected chi connectivity index (χ4v) is 7.40. The van der Waals surface area contributed by atoms with Crippen molar-refractivity contribution in [1.29, 1.82) is 0 Å². The lowest BCUT2D eigenvalue weighted by Gasteiger charge is -2.46. The van der Waals surface area contributed by atoms with Gasteiger partial charge in [0, 0.05) is 30.9 Å². The molecule has 0 N–H and O–H groups in total. The summed E-state index contributed by atoms with van der Waals surface area (Å²) in [6.07, 6.45) is 2.85. The Kier molecular flexibility index (Phi) is 6.68. The van der Waals surface area contributed by atoms with Crippen LogP contribution in [0, 0.1) is 5.82 Å². The Labute approximate surface area is 236 Å². The van der Waals surface area contributed by atoms with Crippen LogP contribution in [0.1, 0.15) is 59.8 Å². The third kappa shape index (κ3) is 4.73. The highest BCUT2D eigenvalue weighted by Gasteiger charge is 2.50. The summed E-state index contributed by atoms with van der Waals surface area (Å²) in [6, 6.07) is 3.39. The number of carbonyl (C=O) groups is 1. The number of piperazine rings is 1. The van der Waals surface area contributed by atoms with E-state index in [-0.39, 0.29) is 47.9 Å². The zero-order chi connectivity index (χ0) is 27.7. The number of hydrogen-bond acceptors (Lipinski definition) is 7. The maximum absolute atomic E-state index is 15.4. The first-order valence-electron chi connectivity index (χ1n) is 13.9. The number of benzene rings is 1. The quantitative estimate of drug-likeness (QED) is 0.457. The van der Waals surface area contributed by atoms with Gasteiger partial charge in [-0.25, -0.2) is 13.6 Å². The summed E-state index contributed by atoms with van der Waals surface area (Å²) in [4.78, 5) is 28.6. The lowest BCUT2D eigenvalue weighted by atomic mass is 9.95. The van der Waals surface area contributed by atoms with Gasteiger partial charge in [0.1, 0.15) is 29.7 Å². The average Bonchev–Trinajstić information content (AvgIpc) is 3.50. The van der Waals surface area contributed by atoms with Gasteiger partial charge in [0.15, 0.2) is 5.82 Å². The van der Waals surface area contributed by atoms with Gasteiger partial charge in [-0.3, -0.25) is 9.80 Å². The van der Waals surface area contributed by atoms with Crippen LogP contribution in [-0.2, 0) is 4.74 Å². The van der Waals surface area contributed by atoms with Gasteiger partial charge in [-0.2, -0.15) is 9.97 Å². The molecular weight excluding hydrogens is 572 g/mol. The molecule has 0 aliphatic carbocycles. The number of alkyl halides is 1. The molecule has 4 saturated heterocycles. The van der Waals surface area contributed by atoms with Crippen molar-refractivity contribution in [1.82, 2.24) is 19.8 Å². The molecule has 1 aromatic carbocycles. The first-order chi connectivity index (χ1) is 18.5. The fourth-order valence-electron chi connectivity index (χ4n) is 7.08. The van der Waals surface area contributed by atoms with E-state index in [0.717, 1.165) is 32.2 Å². The summed E-state index contributed by atoms with van der Waals surface area (Å²) in [7, 11) is 0. The molecule has 5 heterocycles. The minimum Gasteiger partial charge on any atom is -0.461 e. The fraction of sp³-hybridized carbons (Fsp3) is 0.679. The van der Waals surface area contributed by atoms with Crippen LogP contribution in [0.15, 0.2) is 16.6 Å². The van der Waals surface area contributed by atoms with Gasteiger partial charge in [0.25, 0.3) is 0 Å². The molecule has 8 nitrogen and oxygen atoms in total. The van der Waals surface area contributed by atoms with E-state index >= 15 is 4.39 Å². The minimum atomic E-state index is -0.868. The van der Waals surface area contributed by atoms with Crippen molar-refractivity contribution in [3.8, 4) is 6.01 Å². The molecule has 1 aromatic heterocycles. The molecule has 5 atom stereocenters. The maximum atomic E-state index is 15.4. The number of fused-ring (bicyclic) bond motifs is 4. The number of amides is 1. The molecule has 39 heavy (non-hydrogen) atoms. The maximum Gasteiger partial charge on any atom is 0.410 e. The minimum absolute atomic E-state index is 0.0401. The van der Waals surface area contributed by atoms with Gasteiger partial charge < -0.3 is 14.4 Å².